The summed E-state index contributed by atoms with van der Waals surface area (Å²) in [4.78, 5) is 4.93. The molecule has 0 saturated heterocycles. The van der Waals surface area contributed by atoms with Crippen LogP contribution in [0.4, 0.5) is 0 Å². The fourth-order valence-electron chi connectivity index (χ4n) is 3.35. The molecule has 5 rings (SSSR count). The SMILES string of the molecule is CC1(C)Oc2ccccc2-c2nc3ccc(-c4nn[nH]n4)cc3cc21. The van der Waals surface area contributed by atoms with Crippen LogP contribution in [0.15, 0.2) is 48.5 Å². The molecule has 1 aliphatic rings. The summed E-state index contributed by atoms with van der Waals surface area (Å²) >= 11 is 0. The third-order valence-electron chi connectivity index (χ3n) is 4.57. The van der Waals surface area contributed by atoms with Gasteiger partial charge in [0.2, 0.25) is 5.82 Å². The van der Waals surface area contributed by atoms with E-state index in [0.29, 0.717) is 5.82 Å². The summed E-state index contributed by atoms with van der Waals surface area (Å²) in [6.45, 7) is 4.14. The van der Waals surface area contributed by atoms with E-state index in [1.54, 1.807) is 0 Å². The van der Waals surface area contributed by atoms with Gasteiger partial charge < -0.3 is 4.74 Å². The number of H-pyrrole nitrogens is 1. The van der Waals surface area contributed by atoms with Crippen molar-refractivity contribution in [3.05, 3.63) is 54.1 Å². The van der Waals surface area contributed by atoms with Gasteiger partial charge in [0, 0.05) is 22.1 Å². The van der Waals surface area contributed by atoms with Gasteiger partial charge in [-0.3, -0.25) is 0 Å². The molecule has 122 valence electrons. The summed E-state index contributed by atoms with van der Waals surface area (Å²) in [7, 11) is 0. The van der Waals surface area contributed by atoms with Gasteiger partial charge >= 0.3 is 0 Å². The van der Waals surface area contributed by atoms with Crippen molar-refractivity contribution < 1.29 is 4.74 Å². The molecule has 0 aliphatic carbocycles. The van der Waals surface area contributed by atoms with Crippen molar-refractivity contribution in [3.8, 4) is 28.4 Å². The Kier molecular flexibility index (Phi) is 2.74. The Labute approximate surface area is 143 Å². The Morgan fingerprint density at radius 3 is 2.76 bits per heavy atom. The van der Waals surface area contributed by atoms with E-state index in [-0.39, 0.29) is 0 Å². The highest BCUT2D eigenvalue weighted by Gasteiger charge is 2.33. The summed E-state index contributed by atoms with van der Waals surface area (Å²) in [6, 6.07) is 16.2. The van der Waals surface area contributed by atoms with E-state index in [9.17, 15) is 0 Å². The van der Waals surface area contributed by atoms with Gasteiger partial charge in [0.25, 0.3) is 0 Å². The van der Waals surface area contributed by atoms with Crippen molar-refractivity contribution >= 4 is 10.9 Å². The van der Waals surface area contributed by atoms with E-state index in [2.05, 4.69) is 46.6 Å². The van der Waals surface area contributed by atoms with Crippen molar-refractivity contribution in [1.82, 2.24) is 25.6 Å². The van der Waals surface area contributed by atoms with Gasteiger partial charge in [0.05, 0.1) is 11.2 Å². The van der Waals surface area contributed by atoms with E-state index in [4.69, 9.17) is 9.72 Å². The first kappa shape index (κ1) is 14.1. The van der Waals surface area contributed by atoms with Crippen LogP contribution >= 0.6 is 0 Å². The number of tetrazole rings is 1. The second kappa shape index (κ2) is 4.86. The van der Waals surface area contributed by atoms with Gasteiger partial charge in [-0.05, 0) is 55.5 Å². The van der Waals surface area contributed by atoms with Gasteiger partial charge in [-0.25, -0.2) is 4.98 Å². The highest BCUT2D eigenvalue weighted by Crippen LogP contribution is 2.44. The molecule has 0 spiro atoms. The number of ether oxygens (including phenoxy) is 1. The average molecular weight is 329 g/mol. The molecule has 2 aromatic heterocycles. The Hall–Kier alpha value is -3.28. The second-order valence-electron chi connectivity index (χ2n) is 6.64. The van der Waals surface area contributed by atoms with Crippen LogP contribution in [0, 0.1) is 0 Å². The molecular weight excluding hydrogens is 314 g/mol. The molecule has 1 N–H and O–H groups in total. The minimum absolute atomic E-state index is 0.451. The van der Waals surface area contributed by atoms with Crippen LogP contribution < -0.4 is 4.74 Å². The molecule has 0 amide bonds. The Morgan fingerprint density at radius 1 is 1.04 bits per heavy atom. The summed E-state index contributed by atoms with van der Waals surface area (Å²) in [5.74, 6) is 1.44. The topological polar surface area (TPSA) is 76.6 Å². The van der Waals surface area contributed by atoms with E-state index in [1.165, 1.54) is 0 Å². The quantitative estimate of drug-likeness (QED) is 0.576. The van der Waals surface area contributed by atoms with E-state index in [1.807, 2.05) is 36.4 Å². The number of benzene rings is 2. The van der Waals surface area contributed by atoms with Gasteiger partial charge in [0.1, 0.15) is 11.4 Å². The van der Waals surface area contributed by atoms with Gasteiger partial charge in [-0.2, -0.15) is 5.21 Å². The number of para-hydroxylation sites is 1. The number of rotatable bonds is 1. The zero-order chi connectivity index (χ0) is 17.0. The first-order chi connectivity index (χ1) is 12.1. The lowest BCUT2D eigenvalue weighted by molar-refractivity contribution is 0.105. The maximum absolute atomic E-state index is 6.22. The molecule has 0 saturated carbocycles. The van der Waals surface area contributed by atoms with E-state index in [0.717, 1.165) is 39.0 Å². The zero-order valence-corrected chi connectivity index (χ0v) is 13.8. The highest BCUT2D eigenvalue weighted by molar-refractivity contribution is 5.88. The van der Waals surface area contributed by atoms with Crippen molar-refractivity contribution in [1.29, 1.82) is 0 Å². The third kappa shape index (κ3) is 2.11. The fraction of sp³-hybridized carbons (Fsp3) is 0.158. The first-order valence-electron chi connectivity index (χ1n) is 8.09. The van der Waals surface area contributed by atoms with Crippen molar-refractivity contribution in [2.75, 3.05) is 0 Å². The molecular formula is C19H15N5O. The molecule has 25 heavy (non-hydrogen) atoms. The van der Waals surface area contributed by atoms with Crippen molar-refractivity contribution in [2.24, 2.45) is 0 Å². The summed E-state index contributed by atoms with van der Waals surface area (Å²) in [5.41, 5.74) is 4.46. The number of aromatic amines is 1. The van der Waals surface area contributed by atoms with Gasteiger partial charge in [-0.15, -0.1) is 10.2 Å². The summed E-state index contributed by atoms with van der Waals surface area (Å²) in [6.07, 6.45) is 0. The van der Waals surface area contributed by atoms with Crippen LogP contribution in [0.25, 0.3) is 33.5 Å². The maximum atomic E-state index is 6.22. The number of pyridine rings is 1. The lowest BCUT2D eigenvalue weighted by Gasteiger charge is -2.34. The summed E-state index contributed by atoms with van der Waals surface area (Å²) < 4.78 is 6.22. The third-order valence-corrected chi connectivity index (χ3v) is 4.57. The number of hydrogen-bond acceptors (Lipinski definition) is 5. The predicted octanol–water partition coefficient (Wildman–Crippen LogP) is 3.71. The second-order valence-corrected chi connectivity index (χ2v) is 6.64. The molecule has 3 heterocycles. The normalized spacial score (nSPS) is 14.6. The van der Waals surface area contributed by atoms with Crippen LogP contribution in [0.5, 0.6) is 5.75 Å². The van der Waals surface area contributed by atoms with Gasteiger partial charge in [-0.1, -0.05) is 12.1 Å². The molecule has 0 atom stereocenters. The number of hydrogen-bond donors (Lipinski definition) is 1. The van der Waals surface area contributed by atoms with E-state index < -0.39 is 5.60 Å². The minimum Gasteiger partial charge on any atom is -0.482 e. The standard InChI is InChI=1S/C19H15N5O/c1-19(2)14-10-12-9-11(18-21-23-24-22-18)7-8-15(12)20-17(14)13-5-3-4-6-16(13)25-19/h3-10H,1-2H3,(H,21,22,23,24). The van der Waals surface area contributed by atoms with Gasteiger partial charge in [0.15, 0.2) is 0 Å². The number of nitrogens with one attached hydrogen (secondary N) is 1. The Morgan fingerprint density at radius 2 is 1.92 bits per heavy atom. The molecule has 0 radical (unpaired) electrons. The number of nitrogens with zero attached hydrogens (tertiary/aromatic N) is 4. The highest BCUT2D eigenvalue weighted by atomic mass is 16.5. The van der Waals surface area contributed by atoms with Crippen LogP contribution in [0.1, 0.15) is 19.4 Å². The van der Waals surface area contributed by atoms with E-state index >= 15 is 0 Å². The molecule has 0 fully saturated rings. The number of fused-ring (bicyclic) bond motifs is 4. The minimum atomic E-state index is -0.451. The largest absolute Gasteiger partial charge is 0.482 e. The molecule has 6 heteroatoms. The molecule has 6 nitrogen and oxygen atoms in total. The van der Waals surface area contributed by atoms with Crippen molar-refractivity contribution in [2.45, 2.75) is 19.4 Å². The van der Waals surface area contributed by atoms with Crippen LogP contribution in [0.3, 0.4) is 0 Å². The lowest BCUT2D eigenvalue weighted by Crippen LogP contribution is -2.29. The van der Waals surface area contributed by atoms with Crippen LogP contribution in [-0.4, -0.2) is 25.6 Å². The molecule has 1 aliphatic heterocycles. The predicted molar refractivity (Wildman–Crippen MR) is 94.0 cm³/mol. The molecule has 0 bridgehead atoms. The van der Waals surface area contributed by atoms with Crippen LogP contribution in [-0.2, 0) is 5.60 Å². The Bertz CT molecular complexity index is 1100. The zero-order valence-electron chi connectivity index (χ0n) is 13.8. The number of aromatic nitrogens is 5. The monoisotopic (exact) mass is 329 g/mol. The summed E-state index contributed by atoms with van der Waals surface area (Å²) in [5, 5.41) is 15.2. The Balaban J connectivity index is 1.77. The maximum Gasteiger partial charge on any atom is 0.204 e. The lowest BCUT2D eigenvalue weighted by atomic mass is 9.88. The van der Waals surface area contributed by atoms with Crippen molar-refractivity contribution in [3.63, 3.8) is 0 Å². The molecule has 0 unspecified atom stereocenters. The first-order valence-corrected chi connectivity index (χ1v) is 8.09. The van der Waals surface area contributed by atoms with Crippen LogP contribution in [0.2, 0.25) is 0 Å². The average Bonchev–Trinajstić information content (AvgIpc) is 3.14. The molecule has 2 aromatic carbocycles. The molecule has 4 aromatic rings. The fourth-order valence-corrected chi connectivity index (χ4v) is 3.35. The smallest absolute Gasteiger partial charge is 0.204 e.